The molecule has 3 rings (SSSR count). The first-order chi connectivity index (χ1) is 10.3. The number of piperazine rings is 1. The van der Waals surface area contributed by atoms with Crippen LogP contribution in [-0.4, -0.2) is 49.3 Å². The highest BCUT2D eigenvalue weighted by Gasteiger charge is 2.37. The first-order valence-corrected chi connectivity index (χ1v) is 8.33. The fourth-order valence-corrected chi connectivity index (χ4v) is 4.01. The van der Waals surface area contributed by atoms with Gasteiger partial charge in [0.25, 0.3) is 0 Å². The van der Waals surface area contributed by atoms with Crippen LogP contribution in [0.3, 0.4) is 0 Å². The van der Waals surface area contributed by atoms with E-state index in [1.807, 2.05) is 7.11 Å². The van der Waals surface area contributed by atoms with Crippen LogP contribution in [0.25, 0.3) is 0 Å². The summed E-state index contributed by atoms with van der Waals surface area (Å²) in [5, 5.41) is 3.72. The van der Waals surface area contributed by atoms with Gasteiger partial charge >= 0.3 is 0 Å². The van der Waals surface area contributed by atoms with Gasteiger partial charge in [-0.15, -0.1) is 0 Å². The number of methoxy groups -OCH3 is 1. The molecule has 1 aliphatic carbocycles. The quantitative estimate of drug-likeness (QED) is 0.921. The van der Waals surface area contributed by atoms with Crippen LogP contribution in [0.4, 0.5) is 0 Å². The lowest BCUT2D eigenvalue weighted by molar-refractivity contribution is 0.000704. The van der Waals surface area contributed by atoms with Crippen molar-refractivity contribution < 1.29 is 4.74 Å². The van der Waals surface area contributed by atoms with E-state index in [0.29, 0.717) is 24.2 Å². The van der Waals surface area contributed by atoms with Crippen molar-refractivity contribution in [2.75, 3.05) is 20.2 Å². The lowest BCUT2D eigenvalue weighted by atomic mass is 9.99. The second-order valence-corrected chi connectivity index (χ2v) is 6.61. The van der Waals surface area contributed by atoms with Crippen molar-refractivity contribution >= 4 is 0 Å². The van der Waals surface area contributed by atoms with Crippen molar-refractivity contribution in [2.45, 2.75) is 56.8 Å². The Morgan fingerprint density at radius 3 is 2.81 bits per heavy atom. The highest BCUT2D eigenvalue weighted by molar-refractivity contribution is 5.16. The standard InChI is InChI=1S/C18H28N2O/c1-14-12-19-16(11-15-7-4-3-5-8-15)13-20(14)17-9-6-10-18(17)21-2/h3-5,7-8,14,16-19H,6,9-13H2,1-2H3. The zero-order chi connectivity index (χ0) is 14.7. The van der Waals surface area contributed by atoms with Gasteiger partial charge in [0.2, 0.25) is 0 Å². The third-order valence-electron chi connectivity index (χ3n) is 5.17. The molecule has 2 fully saturated rings. The molecule has 0 amide bonds. The number of hydrogen-bond acceptors (Lipinski definition) is 3. The van der Waals surface area contributed by atoms with Crippen LogP contribution in [0.1, 0.15) is 31.7 Å². The molecule has 3 heteroatoms. The minimum absolute atomic E-state index is 0.433. The average Bonchev–Trinajstić information content (AvgIpc) is 2.98. The summed E-state index contributed by atoms with van der Waals surface area (Å²) in [5.41, 5.74) is 1.43. The van der Waals surface area contributed by atoms with E-state index in [1.165, 1.54) is 24.8 Å². The van der Waals surface area contributed by atoms with Crippen molar-refractivity contribution in [3.63, 3.8) is 0 Å². The molecule has 1 saturated carbocycles. The maximum absolute atomic E-state index is 5.72. The Bertz CT molecular complexity index is 436. The van der Waals surface area contributed by atoms with E-state index in [-0.39, 0.29) is 0 Å². The number of nitrogens with zero attached hydrogens (tertiary/aromatic N) is 1. The van der Waals surface area contributed by atoms with Crippen molar-refractivity contribution in [3.8, 4) is 0 Å². The summed E-state index contributed by atoms with van der Waals surface area (Å²) in [6, 6.07) is 12.6. The Morgan fingerprint density at radius 2 is 2.05 bits per heavy atom. The minimum atomic E-state index is 0.433. The van der Waals surface area contributed by atoms with E-state index in [4.69, 9.17) is 4.74 Å². The van der Waals surface area contributed by atoms with E-state index < -0.39 is 0 Å². The maximum Gasteiger partial charge on any atom is 0.0726 e. The summed E-state index contributed by atoms with van der Waals surface area (Å²) < 4.78 is 5.72. The van der Waals surface area contributed by atoms with Crippen molar-refractivity contribution in [2.24, 2.45) is 0 Å². The highest BCUT2D eigenvalue weighted by Crippen LogP contribution is 2.29. The smallest absolute Gasteiger partial charge is 0.0726 e. The Balaban J connectivity index is 1.64. The van der Waals surface area contributed by atoms with Crippen LogP contribution in [0, 0.1) is 0 Å². The summed E-state index contributed by atoms with van der Waals surface area (Å²) in [4.78, 5) is 2.70. The number of hydrogen-bond donors (Lipinski definition) is 1. The third kappa shape index (κ3) is 3.47. The molecule has 0 spiro atoms. The third-order valence-corrected chi connectivity index (χ3v) is 5.17. The predicted octanol–water partition coefficient (Wildman–Crippen LogP) is 2.46. The van der Waals surface area contributed by atoms with Gasteiger partial charge in [0, 0.05) is 38.3 Å². The molecule has 0 bridgehead atoms. The minimum Gasteiger partial charge on any atom is -0.380 e. The van der Waals surface area contributed by atoms with Gasteiger partial charge in [-0.1, -0.05) is 30.3 Å². The molecule has 116 valence electrons. The van der Waals surface area contributed by atoms with Gasteiger partial charge in [-0.2, -0.15) is 0 Å². The van der Waals surface area contributed by atoms with E-state index in [2.05, 4.69) is 47.5 Å². The van der Waals surface area contributed by atoms with Gasteiger partial charge in [-0.3, -0.25) is 4.90 Å². The Hall–Kier alpha value is -0.900. The first kappa shape index (κ1) is 15.0. The van der Waals surface area contributed by atoms with Gasteiger partial charge in [0.15, 0.2) is 0 Å². The molecular formula is C18H28N2O. The Kier molecular flexibility index (Phi) is 4.94. The molecule has 3 nitrogen and oxygen atoms in total. The van der Waals surface area contributed by atoms with E-state index in [1.54, 1.807) is 0 Å². The topological polar surface area (TPSA) is 24.5 Å². The fourth-order valence-electron chi connectivity index (χ4n) is 4.01. The zero-order valence-electron chi connectivity index (χ0n) is 13.3. The number of nitrogens with one attached hydrogen (secondary N) is 1. The molecule has 2 aliphatic rings. The molecule has 1 aromatic carbocycles. The van der Waals surface area contributed by atoms with Crippen LogP contribution >= 0.6 is 0 Å². The van der Waals surface area contributed by atoms with Crippen molar-refractivity contribution in [3.05, 3.63) is 35.9 Å². The van der Waals surface area contributed by atoms with Crippen LogP contribution in [-0.2, 0) is 11.2 Å². The summed E-state index contributed by atoms with van der Waals surface area (Å²) in [7, 11) is 1.87. The Morgan fingerprint density at radius 1 is 1.24 bits per heavy atom. The fraction of sp³-hybridized carbons (Fsp3) is 0.667. The molecular weight excluding hydrogens is 260 g/mol. The summed E-state index contributed by atoms with van der Waals surface area (Å²) in [6.07, 6.45) is 5.38. The summed E-state index contributed by atoms with van der Waals surface area (Å²) in [6.45, 7) is 4.57. The molecule has 0 aromatic heterocycles. The van der Waals surface area contributed by atoms with E-state index in [9.17, 15) is 0 Å². The monoisotopic (exact) mass is 288 g/mol. The van der Waals surface area contributed by atoms with Crippen molar-refractivity contribution in [1.29, 1.82) is 0 Å². The van der Waals surface area contributed by atoms with Crippen molar-refractivity contribution in [1.82, 2.24) is 10.2 Å². The van der Waals surface area contributed by atoms with Gasteiger partial charge in [0.05, 0.1) is 6.10 Å². The first-order valence-electron chi connectivity index (χ1n) is 8.33. The predicted molar refractivity (Wildman–Crippen MR) is 86.5 cm³/mol. The van der Waals surface area contributed by atoms with Gasteiger partial charge in [-0.25, -0.2) is 0 Å². The van der Waals surface area contributed by atoms with Crippen LogP contribution in [0.15, 0.2) is 30.3 Å². The number of benzene rings is 1. The summed E-state index contributed by atoms with van der Waals surface area (Å²) >= 11 is 0. The molecule has 4 unspecified atom stereocenters. The van der Waals surface area contributed by atoms with Gasteiger partial charge < -0.3 is 10.1 Å². The van der Waals surface area contributed by atoms with Crippen LogP contribution < -0.4 is 5.32 Å². The average molecular weight is 288 g/mol. The van der Waals surface area contributed by atoms with E-state index >= 15 is 0 Å². The second-order valence-electron chi connectivity index (χ2n) is 6.61. The molecule has 1 N–H and O–H groups in total. The van der Waals surface area contributed by atoms with Crippen LogP contribution in [0.2, 0.25) is 0 Å². The molecule has 0 radical (unpaired) electrons. The molecule has 1 heterocycles. The lowest BCUT2D eigenvalue weighted by Gasteiger charge is -2.44. The second kappa shape index (κ2) is 6.91. The van der Waals surface area contributed by atoms with Gasteiger partial charge in [-0.05, 0) is 38.2 Å². The molecule has 1 aromatic rings. The SMILES string of the molecule is COC1CCCC1N1CC(Cc2ccccc2)NCC1C. The maximum atomic E-state index is 5.72. The molecule has 4 atom stereocenters. The van der Waals surface area contributed by atoms with Gasteiger partial charge in [0.1, 0.15) is 0 Å². The summed E-state index contributed by atoms with van der Waals surface area (Å²) in [5.74, 6) is 0. The molecule has 1 aliphatic heterocycles. The largest absolute Gasteiger partial charge is 0.380 e. The molecule has 1 saturated heterocycles. The number of rotatable bonds is 4. The van der Waals surface area contributed by atoms with Crippen LogP contribution in [0.5, 0.6) is 0 Å². The highest BCUT2D eigenvalue weighted by atomic mass is 16.5. The molecule has 21 heavy (non-hydrogen) atoms. The van der Waals surface area contributed by atoms with E-state index in [0.717, 1.165) is 19.5 Å². The lowest BCUT2D eigenvalue weighted by Crippen LogP contribution is -2.60. The number of ether oxygens (including phenoxy) is 1. The Labute approximate surface area is 128 Å². The zero-order valence-corrected chi connectivity index (χ0v) is 13.3. The normalized spacial score (nSPS) is 34.2.